The van der Waals surface area contributed by atoms with E-state index in [9.17, 15) is 4.79 Å². The number of nitrogens with one attached hydrogen (secondary N) is 1. The maximum Gasteiger partial charge on any atom is 0.238 e. The van der Waals surface area contributed by atoms with Gasteiger partial charge in [-0.3, -0.25) is 14.6 Å². The number of aromatic nitrogens is 1. The molecule has 0 spiro atoms. The van der Waals surface area contributed by atoms with Crippen LogP contribution in [0, 0.1) is 6.92 Å². The summed E-state index contributed by atoms with van der Waals surface area (Å²) < 4.78 is 15.8. The van der Waals surface area contributed by atoms with E-state index in [1.54, 1.807) is 12.1 Å². The molecule has 0 atom stereocenters. The Morgan fingerprint density at radius 1 is 1.14 bits per heavy atom. The number of carbonyl (C=O) groups is 1. The highest BCUT2D eigenvalue weighted by molar-refractivity contribution is 6.32. The lowest BCUT2D eigenvalue weighted by atomic mass is 10.2. The number of hydrogen-bond acceptors (Lipinski definition) is 7. The molecule has 0 unspecified atom stereocenters. The summed E-state index contributed by atoms with van der Waals surface area (Å²) in [5.41, 5.74) is 1.42. The highest BCUT2D eigenvalue weighted by Crippen LogP contribution is 2.35. The first kappa shape index (κ1) is 20.4. The summed E-state index contributed by atoms with van der Waals surface area (Å²) in [7, 11) is 3.06. The number of methoxy groups -OCH3 is 2. The number of piperazine rings is 1. The van der Waals surface area contributed by atoms with E-state index in [0.29, 0.717) is 28.8 Å². The van der Waals surface area contributed by atoms with Crippen molar-refractivity contribution >= 4 is 23.2 Å². The van der Waals surface area contributed by atoms with Gasteiger partial charge in [-0.05, 0) is 6.92 Å². The molecule has 0 bridgehead atoms. The van der Waals surface area contributed by atoms with Gasteiger partial charge < -0.3 is 19.3 Å². The number of ether oxygens (including phenoxy) is 2. The minimum atomic E-state index is -0.109. The van der Waals surface area contributed by atoms with Crippen LogP contribution in [0.1, 0.15) is 11.5 Å². The second-order valence-corrected chi connectivity index (χ2v) is 7.13. The average molecular weight is 409 g/mol. The van der Waals surface area contributed by atoms with Gasteiger partial charge in [0.2, 0.25) is 5.91 Å². The number of benzene rings is 1. The molecule has 1 amide bonds. The van der Waals surface area contributed by atoms with Crippen LogP contribution in [0.5, 0.6) is 11.5 Å². The topological polar surface area (TPSA) is 80.1 Å². The minimum absolute atomic E-state index is 0.109. The molecular formula is C19H25ClN4O4. The molecule has 1 aliphatic rings. The fraction of sp³-hybridized carbons (Fsp3) is 0.474. The van der Waals surface area contributed by atoms with Crippen LogP contribution in [0.15, 0.2) is 22.7 Å². The van der Waals surface area contributed by atoms with Gasteiger partial charge in [0.1, 0.15) is 11.5 Å². The van der Waals surface area contributed by atoms with E-state index in [0.717, 1.165) is 44.2 Å². The summed E-state index contributed by atoms with van der Waals surface area (Å²) in [6.07, 6.45) is 0. The number of aryl methyl sites for hydroxylation is 1. The SMILES string of the molecule is COc1cc(NC(=O)CN2CCN(Cc3cc(C)no3)CC2)c(OC)cc1Cl. The van der Waals surface area contributed by atoms with Crippen molar-refractivity contribution in [3.05, 3.63) is 34.7 Å². The van der Waals surface area contributed by atoms with E-state index in [2.05, 4.69) is 20.3 Å². The molecular weight excluding hydrogens is 384 g/mol. The van der Waals surface area contributed by atoms with Gasteiger partial charge in [0, 0.05) is 44.4 Å². The summed E-state index contributed by atoms with van der Waals surface area (Å²) >= 11 is 6.10. The Kier molecular flexibility index (Phi) is 6.77. The molecule has 2 aromatic rings. The van der Waals surface area contributed by atoms with Gasteiger partial charge in [-0.15, -0.1) is 0 Å². The van der Waals surface area contributed by atoms with E-state index in [1.807, 2.05) is 13.0 Å². The standard InChI is InChI=1S/C19H25ClN4O4/c1-13-8-14(28-22-13)11-23-4-6-24(7-5-23)12-19(25)21-16-10-17(26-2)15(20)9-18(16)27-3/h8-10H,4-7,11-12H2,1-3H3,(H,21,25). The van der Waals surface area contributed by atoms with Crippen molar-refractivity contribution in [2.75, 3.05) is 52.3 Å². The van der Waals surface area contributed by atoms with Crippen LogP contribution in [0.25, 0.3) is 0 Å². The van der Waals surface area contributed by atoms with E-state index in [-0.39, 0.29) is 5.91 Å². The molecule has 1 aromatic carbocycles. The normalized spacial score (nSPS) is 15.4. The highest BCUT2D eigenvalue weighted by Gasteiger charge is 2.21. The van der Waals surface area contributed by atoms with E-state index >= 15 is 0 Å². The number of amides is 1. The second kappa shape index (κ2) is 9.27. The molecule has 3 rings (SSSR count). The van der Waals surface area contributed by atoms with Crippen molar-refractivity contribution in [3.63, 3.8) is 0 Å². The Hall–Kier alpha value is -2.29. The smallest absolute Gasteiger partial charge is 0.238 e. The Balaban J connectivity index is 1.51. The van der Waals surface area contributed by atoms with Crippen molar-refractivity contribution in [2.24, 2.45) is 0 Å². The zero-order chi connectivity index (χ0) is 20.1. The summed E-state index contributed by atoms with van der Waals surface area (Å²) in [6.45, 7) is 6.31. The van der Waals surface area contributed by atoms with Crippen LogP contribution in [0.3, 0.4) is 0 Å². The fourth-order valence-electron chi connectivity index (χ4n) is 3.17. The fourth-order valence-corrected chi connectivity index (χ4v) is 3.40. The molecule has 1 aromatic heterocycles. The summed E-state index contributed by atoms with van der Waals surface area (Å²) in [4.78, 5) is 16.9. The van der Waals surface area contributed by atoms with E-state index < -0.39 is 0 Å². The van der Waals surface area contributed by atoms with Crippen LogP contribution in [-0.4, -0.2) is 67.8 Å². The van der Waals surface area contributed by atoms with Gasteiger partial charge in [-0.2, -0.15) is 0 Å². The third-order valence-electron chi connectivity index (χ3n) is 4.64. The van der Waals surface area contributed by atoms with E-state index in [4.69, 9.17) is 25.6 Å². The number of anilines is 1. The first-order chi connectivity index (χ1) is 13.5. The molecule has 0 aliphatic carbocycles. The molecule has 2 heterocycles. The molecule has 8 nitrogen and oxygen atoms in total. The predicted molar refractivity (Wildman–Crippen MR) is 106 cm³/mol. The number of nitrogens with zero attached hydrogens (tertiary/aromatic N) is 3. The number of carbonyl (C=O) groups excluding carboxylic acids is 1. The monoisotopic (exact) mass is 408 g/mol. The zero-order valence-electron chi connectivity index (χ0n) is 16.3. The summed E-state index contributed by atoms with van der Waals surface area (Å²) in [5.74, 6) is 1.73. The van der Waals surface area contributed by atoms with Crippen molar-refractivity contribution in [3.8, 4) is 11.5 Å². The summed E-state index contributed by atoms with van der Waals surface area (Å²) in [6, 6.07) is 5.24. The lowest BCUT2D eigenvalue weighted by Gasteiger charge is -2.33. The Bertz CT molecular complexity index is 818. The predicted octanol–water partition coefficient (Wildman–Crippen LogP) is 2.41. The van der Waals surface area contributed by atoms with Crippen LogP contribution in [0.4, 0.5) is 5.69 Å². The van der Waals surface area contributed by atoms with Crippen LogP contribution in [-0.2, 0) is 11.3 Å². The van der Waals surface area contributed by atoms with Gasteiger partial charge in [-0.25, -0.2) is 0 Å². The first-order valence-corrected chi connectivity index (χ1v) is 9.44. The van der Waals surface area contributed by atoms with Crippen LogP contribution < -0.4 is 14.8 Å². The molecule has 1 saturated heterocycles. The van der Waals surface area contributed by atoms with Gasteiger partial charge in [0.25, 0.3) is 0 Å². The van der Waals surface area contributed by atoms with Crippen molar-refractivity contribution < 1.29 is 18.8 Å². The number of halogens is 1. The third kappa shape index (κ3) is 5.15. The molecule has 0 saturated carbocycles. The Labute approximate surface area is 169 Å². The molecule has 0 radical (unpaired) electrons. The molecule has 1 aliphatic heterocycles. The lowest BCUT2D eigenvalue weighted by Crippen LogP contribution is -2.48. The molecule has 152 valence electrons. The van der Waals surface area contributed by atoms with Gasteiger partial charge >= 0.3 is 0 Å². The number of rotatable bonds is 7. The minimum Gasteiger partial charge on any atom is -0.495 e. The first-order valence-electron chi connectivity index (χ1n) is 9.06. The second-order valence-electron chi connectivity index (χ2n) is 6.72. The van der Waals surface area contributed by atoms with Crippen LogP contribution >= 0.6 is 11.6 Å². The highest BCUT2D eigenvalue weighted by atomic mass is 35.5. The van der Waals surface area contributed by atoms with Crippen molar-refractivity contribution in [1.82, 2.24) is 15.0 Å². The summed E-state index contributed by atoms with van der Waals surface area (Å²) in [5, 5.41) is 7.23. The maximum atomic E-state index is 12.5. The Morgan fingerprint density at radius 2 is 1.82 bits per heavy atom. The zero-order valence-corrected chi connectivity index (χ0v) is 17.1. The molecule has 9 heteroatoms. The molecule has 1 N–H and O–H groups in total. The molecule has 1 fully saturated rings. The number of hydrogen-bond donors (Lipinski definition) is 1. The van der Waals surface area contributed by atoms with Gasteiger partial charge in [-0.1, -0.05) is 16.8 Å². The third-order valence-corrected chi connectivity index (χ3v) is 4.93. The van der Waals surface area contributed by atoms with E-state index in [1.165, 1.54) is 14.2 Å². The lowest BCUT2D eigenvalue weighted by molar-refractivity contribution is -0.117. The molecule has 28 heavy (non-hydrogen) atoms. The van der Waals surface area contributed by atoms with Gasteiger partial charge in [0.15, 0.2) is 5.76 Å². The largest absolute Gasteiger partial charge is 0.495 e. The quantitative estimate of drug-likeness (QED) is 0.753. The maximum absolute atomic E-state index is 12.5. The average Bonchev–Trinajstić information content (AvgIpc) is 3.09. The van der Waals surface area contributed by atoms with Gasteiger partial charge in [0.05, 0.1) is 43.7 Å². The van der Waals surface area contributed by atoms with Crippen LogP contribution in [0.2, 0.25) is 5.02 Å². The van der Waals surface area contributed by atoms with Crippen molar-refractivity contribution in [2.45, 2.75) is 13.5 Å². The Morgan fingerprint density at radius 3 is 2.43 bits per heavy atom. The van der Waals surface area contributed by atoms with Crippen molar-refractivity contribution in [1.29, 1.82) is 0 Å².